The van der Waals surface area contributed by atoms with Gasteiger partial charge in [-0.15, -0.1) is 0 Å². The SMILES string of the molecule is CCN1CCN(S(=O)(=O)c2cnc(OCCOC)c(-c3nc4c(-c5ccc(N(C)C)nc5)n(C)nc4c(=O)[nH]3)c2)CC1. The van der Waals surface area contributed by atoms with E-state index in [9.17, 15) is 13.2 Å². The Morgan fingerprint density at radius 1 is 1.05 bits per heavy atom. The zero-order chi connectivity index (χ0) is 30.0. The highest BCUT2D eigenvalue weighted by atomic mass is 32.2. The number of likely N-dealkylation sites (N-methyl/N-ethyl adjacent to an activating group) is 1. The van der Waals surface area contributed by atoms with Crippen LogP contribution in [0.4, 0.5) is 5.82 Å². The van der Waals surface area contributed by atoms with E-state index in [1.807, 2.05) is 31.1 Å². The molecular weight excluding hydrogens is 562 g/mol. The van der Waals surface area contributed by atoms with Crippen molar-refractivity contribution < 1.29 is 17.9 Å². The summed E-state index contributed by atoms with van der Waals surface area (Å²) in [5, 5.41) is 4.40. The Morgan fingerprint density at radius 3 is 2.45 bits per heavy atom. The van der Waals surface area contributed by atoms with Crippen LogP contribution in [0.15, 0.2) is 40.3 Å². The lowest BCUT2D eigenvalue weighted by Crippen LogP contribution is -2.48. The first kappa shape index (κ1) is 29.6. The fourth-order valence-corrected chi connectivity index (χ4v) is 6.23. The van der Waals surface area contributed by atoms with Crippen molar-refractivity contribution in [1.82, 2.24) is 38.9 Å². The van der Waals surface area contributed by atoms with Crippen LogP contribution in [-0.4, -0.2) is 114 Å². The van der Waals surface area contributed by atoms with Crippen LogP contribution in [-0.2, 0) is 21.8 Å². The van der Waals surface area contributed by atoms with Gasteiger partial charge in [0.2, 0.25) is 15.9 Å². The summed E-state index contributed by atoms with van der Waals surface area (Å²) < 4.78 is 41.2. The molecule has 0 spiro atoms. The van der Waals surface area contributed by atoms with Crippen molar-refractivity contribution >= 4 is 26.9 Å². The van der Waals surface area contributed by atoms with Crippen molar-refractivity contribution in [2.45, 2.75) is 11.8 Å². The number of sulfonamides is 1. The van der Waals surface area contributed by atoms with E-state index in [1.54, 1.807) is 25.0 Å². The Bertz CT molecular complexity index is 1730. The standard InChI is InChI=1S/C27H35N9O5S/c1-6-35-9-11-36(12-10-35)42(38,39)19-15-20(27(29-17-19)41-14-13-40-5)25-30-22-23(26(37)31-25)32-34(4)24(22)18-7-8-21(28-16-18)33(2)3/h7-8,15-17H,6,9-14H2,1-5H3,(H,30,31,37). The van der Waals surface area contributed by atoms with Crippen LogP contribution in [0.5, 0.6) is 5.88 Å². The number of nitrogens with zero attached hydrogens (tertiary/aromatic N) is 8. The minimum absolute atomic E-state index is 0.0147. The maximum atomic E-state index is 13.6. The summed E-state index contributed by atoms with van der Waals surface area (Å²) in [7, 11) is 3.20. The van der Waals surface area contributed by atoms with Gasteiger partial charge >= 0.3 is 0 Å². The molecule has 0 amide bonds. The van der Waals surface area contributed by atoms with Crippen molar-refractivity contribution in [2.24, 2.45) is 7.05 Å². The molecule has 224 valence electrons. The molecule has 1 N–H and O–H groups in total. The van der Waals surface area contributed by atoms with E-state index in [0.29, 0.717) is 43.0 Å². The van der Waals surface area contributed by atoms with Crippen LogP contribution in [0.1, 0.15) is 6.92 Å². The highest BCUT2D eigenvalue weighted by Crippen LogP contribution is 2.32. The summed E-state index contributed by atoms with van der Waals surface area (Å²) in [5.41, 5.74) is 1.52. The molecule has 1 aliphatic heterocycles. The number of pyridine rings is 2. The third kappa shape index (κ3) is 5.72. The van der Waals surface area contributed by atoms with Crippen molar-refractivity contribution in [2.75, 3.05) is 72.0 Å². The Labute approximate surface area is 244 Å². The molecule has 0 saturated carbocycles. The summed E-state index contributed by atoms with van der Waals surface area (Å²) in [6.45, 7) is 5.40. The third-order valence-electron chi connectivity index (χ3n) is 7.20. The van der Waals surface area contributed by atoms with Gasteiger partial charge in [-0.25, -0.2) is 23.4 Å². The Balaban J connectivity index is 1.62. The van der Waals surface area contributed by atoms with Gasteiger partial charge in [0.1, 0.15) is 28.7 Å². The predicted molar refractivity (Wildman–Crippen MR) is 158 cm³/mol. The van der Waals surface area contributed by atoms with Gasteiger partial charge in [-0.05, 0) is 24.7 Å². The average Bonchev–Trinajstić information content (AvgIpc) is 3.33. The molecule has 0 bridgehead atoms. The predicted octanol–water partition coefficient (Wildman–Crippen LogP) is 1.20. The molecule has 15 heteroatoms. The number of aromatic amines is 1. The molecule has 5 rings (SSSR count). The minimum atomic E-state index is -3.86. The molecule has 5 heterocycles. The molecule has 0 atom stereocenters. The summed E-state index contributed by atoms with van der Waals surface area (Å²) in [5.74, 6) is 0.994. The van der Waals surface area contributed by atoms with Crippen LogP contribution < -0.4 is 15.2 Å². The summed E-state index contributed by atoms with van der Waals surface area (Å²) in [6, 6.07) is 5.19. The molecule has 0 aromatic carbocycles. The number of nitrogens with one attached hydrogen (secondary N) is 1. The van der Waals surface area contributed by atoms with Crippen LogP contribution in [0, 0.1) is 0 Å². The van der Waals surface area contributed by atoms with Gasteiger partial charge in [-0.2, -0.15) is 9.40 Å². The number of aromatic nitrogens is 6. The van der Waals surface area contributed by atoms with E-state index < -0.39 is 15.6 Å². The number of hydrogen-bond donors (Lipinski definition) is 1. The summed E-state index contributed by atoms with van der Waals surface area (Å²) >= 11 is 0. The average molecular weight is 598 g/mol. The number of anilines is 1. The van der Waals surface area contributed by atoms with E-state index in [4.69, 9.17) is 14.5 Å². The first-order chi connectivity index (χ1) is 20.1. The molecule has 0 unspecified atom stereocenters. The number of aryl methyl sites for hydroxylation is 1. The number of rotatable bonds is 10. The van der Waals surface area contributed by atoms with Crippen molar-refractivity contribution in [1.29, 1.82) is 0 Å². The fourth-order valence-electron chi connectivity index (χ4n) is 4.84. The second-order valence-corrected chi connectivity index (χ2v) is 12.0. The number of piperazine rings is 1. The third-order valence-corrected chi connectivity index (χ3v) is 9.06. The molecule has 0 aliphatic carbocycles. The first-order valence-corrected chi connectivity index (χ1v) is 15.0. The van der Waals surface area contributed by atoms with E-state index in [2.05, 4.69) is 31.9 Å². The van der Waals surface area contributed by atoms with Crippen LogP contribution in [0.3, 0.4) is 0 Å². The van der Waals surface area contributed by atoms with Crippen LogP contribution in [0.25, 0.3) is 33.7 Å². The normalized spacial score (nSPS) is 14.9. The maximum Gasteiger partial charge on any atom is 0.279 e. The zero-order valence-corrected chi connectivity index (χ0v) is 25.2. The lowest BCUT2D eigenvalue weighted by atomic mass is 10.1. The Kier molecular flexibility index (Phi) is 8.54. The van der Waals surface area contributed by atoms with E-state index >= 15 is 0 Å². The number of ether oxygens (including phenoxy) is 2. The quantitative estimate of drug-likeness (QED) is 0.263. The van der Waals surface area contributed by atoms with Gasteiger partial charge < -0.3 is 24.3 Å². The molecule has 0 radical (unpaired) electrons. The Hall–Kier alpha value is -3.92. The van der Waals surface area contributed by atoms with Gasteiger partial charge in [0, 0.05) is 66.2 Å². The molecular formula is C27H35N9O5S. The molecule has 4 aromatic heterocycles. The molecule has 42 heavy (non-hydrogen) atoms. The zero-order valence-electron chi connectivity index (χ0n) is 24.4. The van der Waals surface area contributed by atoms with Crippen molar-refractivity contribution in [3.63, 3.8) is 0 Å². The number of hydrogen-bond acceptors (Lipinski definition) is 11. The summed E-state index contributed by atoms with van der Waals surface area (Å²) in [6.07, 6.45) is 2.97. The van der Waals surface area contributed by atoms with Gasteiger partial charge in [0.15, 0.2) is 5.52 Å². The largest absolute Gasteiger partial charge is 0.475 e. The minimum Gasteiger partial charge on any atom is -0.475 e. The molecule has 14 nitrogen and oxygen atoms in total. The summed E-state index contributed by atoms with van der Waals surface area (Å²) in [4.78, 5) is 33.7. The van der Waals surface area contributed by atoms with Gasteiger partial charge in [-0.1, -0.05) is 6.92 Å². The van der Waals surface area contributed by atoms with Crippen LogP contribution in [0.2, 0.25) is 0 Å². The second-order valence-electron chi connectivity index (χ2n) is 10.1. The second kappa shape index (κ2) is 12.1. The smallest absolute Gasteiger partial charge is 0.279 e. The van der Waals surface area contributed by atoms with Gasteiger partial charge in [0.25, 0.3) is 5.56 Å². The number of fused-ring (bicyclic) bond motifs is 1. The van der Waals surface area contributed by atoms with Crippen LogP contribution >= 0.6 is 0 Å². The maximum absolute atomic E-state index is 13.6. The van der Waals surface area contributed by atoms with E-state index in [0.717, 1.165) is 12.4 Å². The molecule has 1 aliphatic rings. The van der Waals surface area contributed by atoms with Gasteiger partial charge in [-0.3, -0.25) is 9.48 Å². The lowest BCUT2D eigenvalue weighted by molar-refractivity contribution is 0.144. The lowest BCUT2D eigenvalue weighted by Gasteiger charge is -2.33. The highest BCUT2D eigenvalue weighted by Gasteiger charge is 2.30. The highest BCUT2D eigenvalue weighted by molar-refractivity contribution is 7.89. The number of H-pyrrole nitrogens is 1. The van der Waals surface area contributed by atoms with E-state index in [-0.39, 0.29) is 40.9 Å². The molecule has 4 aromatic rings. The monoisotopic (exact) mass is 597 g/mol. The molecule has 1 fully saturated rings. The topological polar surface area (TPSA) is 152 Å². The van der Waals surface area contributed by atoms with Crippen molar-refractivity contribution in [3.8, 4) is 28.5 Å². The fraction of sp³-hybridized carbons (Fsp3) is 0.444. The molecule has 1 saturated heterocycles. The van der Waals surface area contributed by atoms with Crippen molar-refractivity contribution in [3.05, 3.63) is 40.9 Å². The Morgan fingerprint density at radius 2 is 1.81 bits per heavy atom. The van der Waals surface area contributed by atoms with Gasteiger partial charge in [0.05, 0.1) is 24.1 Å². The number of methoxy groups -OCH3 is 1. The van der Waals surface area contributed by atoms with E-state index in [1.165, 1.54) is 16.6 Å². The first-order valence-electron chi connectivity index (χ1n) is 13.6.